The Labute approximate surface area is 172 Å². The number of imidazole rings is 1. The molecule has 0 saturated carbocycles. The number of aromatic amines is 1. The van der Waals surface area contributed by atoms with Gasteiger partial charge < -0.3 is 25.5 Å². The first-order valence-corrected chi connectivity index (χ1v) is 10.4. The summed E-state index contributed by atoms with van der Waals surface area (Å²) in [6, 6.07) is 7.08. The van der Waals surface area contributed by atoms with Gasteiger partial charge in [0.25, 0.3) is 0 Å². The number of nitrogens with one attached hydrogen (secondary N) is 3. The normalized spacial score (nSPS) is 12.6. The molecular weight excluding hydrogens is 396 g/mol. The first-order valence-electron chi connectivity index (χ1n) is 8.96. The Hall–Kier alpha value is -3.01. The molecule has 0 radical (unpaired) electrons. The van der Waals surface area contributed by atoms with Gasteiger partial charge in [-0.3, -0.25) is 4.79 Å². The number of carboxylic acid groups (broad SMARTS) is 1. The number of aromatic nitrogens is 2. The van der Waals surface area contributed by atoms with E-state index in [4.69, 9.17) is 4.74 Å². The van der Waals surface area contributed by atoms with E-state index in [0.29, 0.717) is 17.9 Å². The van der Waals surface area contributed by atoms with Crippen LogP contribution in [0.25, 0.3) is 0 Å². The molecule has 1 heterocycles. The van der Waals surface area contributed by atoms with E-state index in [1.54, 1.807) is 6.20 Å². The number of benzene rings is 1. The molecule has 0 aliphatic rings. The average Bonchev–Trinajstić information content (AvgIpc) is 3.22. The fourth-order valence-electron chi connectivity index (χ4n) is 2.50. The van der Waals surface area contributed by atoms with E-state index in [9.17, 15) is 19.5 Å². The lowest BCUT2D eigenvalue weighted by Gasteiger charge is -2.21. The molecule has 156 valence electrons. The van der Waals surface area contributed by atoms with E-state index in [1.807, 2.05) is 36.6 Å². The molecule has 0 spiro atoms. The third-order valence-corrected chi connectivity index (χ3v) is 4.66. The molecule has 0 unspecified atom stereocenters. The van der Waals surface area contributed by atoms with Gasteiger partial charge in [0.05, 0.1) is 12.0 Å². The average molecular weight is 420 g/mol. The number of thioether (sulfide) groups is 1. The molecule has 2 aromatic rings. The predicted molar refractivity (Wildman–Crippen MR) is 108 cm³/mol. The van der Waals surface area contributed by atoms with Crippen molar-refractivity contribution in [3.8, 4) is 0 Å². The maximum Gasteiger partial charge on any atom is 0.408 e. The first-order chi connectivity index (χ1) is 14.0. The highest BCUT2D eigenvalue weighted by Crippen LogP contribution is 2.06. The molecule has 0 aliphatic carbocycles. The summed E-state index contributed by atoms with van der Waals surface area (Å²) in [6.07, 6.45) is 4.49. The Balaban J connectivity index is 1.94. The van der Waals surface area contributed by atoms with Gasteiger partial charge in [-0.15, -0.1) is 0 Å². The minimum Gasteiger partial charge on any atom is -0.480 e. The number of carbonyl (C=O) groups excluding carboxylic acids is 2. The summed E-state index contributed by atoms with van der Waals surface area (Å²) in [5, 5.41) is 14.4. The number of aliphatic carboxylic acids is 1. The number of hydrogen-bond donors (Lipinski definition) is 4. The molecule has 0 saturated heterocycles. The van der Waals surface area contributed by atoms with Crippen LogP contribution in [0.1, 0.15) is 17.7 Å². The Bertz CT molecular complexity index is 785. The standard InChI is InChI=1S/C19H24N4O5S/c1-29-8-7-15(23-19(27)28-11-13-5-3-2-4-6-13)17(24)22-16(18(25)26)9-14-10-20-12-21-14/h2-6,10,12,15-16H,7-9,11H2,1H3,(H,20,21)(H,22,24)(H,23,27)(H,25,26)/t15-,16+/m1/s1. The van der Waals surface area contributed by atoms with Crippen LogP contribution in [0, 0.1) is 0 Å². The van der Waals surface area contributed by atoms with Gasteiger partial charge in [0.15, 0.2) is 0 Å². The van der Waals surface area contributed by atoms with E-state index in [0.717, 1.165) is 5.56 Å². The monoisotopic (exact) mass is 420 g/mol. The van der Waals surface area contributed by atoms with Gasteiger partial charge in [-0.2, -0.15) is 11.8 Å². The maximum atomic E-state index is 12.6. The summed E-state index contributed by atoms with van der Waals surface area (Å²) in [4.78, 5) is 43.0. The lowest BCUT2D eigenvalue weighted by Crippen LogP contribution is -2.52. The number of carboxylic acids is 1. The molecule has 2 atom stereocenters. The van der Waals surface area contributed by atoms with Gasteiger partial charge in [0.2, 0.25) is 5.91 Å². The lowest BCUT2D eigenvalue weighted by molar-refractivity contribution is -0.142. The van der Waals surface area contributed by atoms with Gasteiger partial charge in [0, 0.05) is 12.6 Å². The number of carbonyl (C=O) groups is 3. The van der Waals surface area contributed by atoms with Crippen LogP contribution in [0.5, 0.6) is 0 Å². The Morgan fingerprint density at radius 3 is 2.59 bits per heavy atom. The van der Waals surface area contributed by atoms with E-state index < -0.39 is 30.1 Å². The lowest BCUT2D eigenvalue weighted by atomic mass is 10.1. The maximum absolute atomic E-state index is 12.6. The van der Waals surface area contributed by atoms with Crippen molar-refractivity contribution in [2.75, 3.05) is 12.0 Å². The minimum absolute atomic E-state index is 0.0261. The number of amides is 2. The summed E-state index contributed by atoms with van der Waals surface area (Å²) in [7, 11) is 0. The number of ether oxygens (including phenoxy) is 1. The van der Waals surface area contributed by atoms with E-state index >= 15 is 0 Å². The fourth-order valence-corrected chi connectivity index (χ4v) is 2.97. The molecule has 29 heavy (non-hydrogen) atoms. The van der Waals surface area contributed by atoms with Crippen LogP contribution in [-0.4, -0.2) is 57.1 Å². The third kappa shape index (κ3) is 7.86. The van der Waals surface area contributed by atoms with Gasteiger partial charge >= 0.3 is 12.1 Å². The van der Waals surface area contributed by atoms with Crippen molar-refractivity contribution < 1.29 is 24.2 Å². The summed E-state index contributed by atoms with van der Waals surface area (Å²) in [5.74, 6) is -1.16. The largest absolute Gasteiger partial charge is 0.480 e. The molecule has 1 aromatic heterocycles. The highest BCUT2D eigenvalue weighted by Gasteiger charge is 2.27. The van der Waals surface area contributed by atoms with Crippen molar-refractivity contribution in [2.45, 2.75) is 31.5 Å². The number of H-pyrrole nitrogens is 1. The second kappa shape index (κ2) is 11.7. The highest BCUT2D eigenvalue weighted by molar-refractivity contribution is 7.98. The quantitative estimate of drug-likeness (QED) is 0.434. The molecule has 1 aromatic carbocycles. The molecule has 4 N–H and O–H groups in total. The molecule has 2 rings (SSSR count). The van der Waals surface area contributed by atoms with E-state index in [2.05, 4.69) is 20.6 Å². The predicted octanol–water partition coefficient (Wildman–Crippen LogP) is 1.57. The Morgan fingerprint density at radius 1 is 1.21 bits per heavy atom. The zero-order valence-electron chi connectivity index (χ0n) is 16.0. The molecule has 0 bridgehead atoms. The zero-order valence-corrected chi connectivity index (χ0v) is 16.8. The number of nitrogens with zero attached hydrogens (tertiary/aromatic N) is 1. The van der Waals surface area contributed by atoms with Gasteiger partial charge in [-0.1, -0.05) is 30.3 Å². The van der Waals surface area contributed by atoms with Crippen LogP contribution in [0.15, 0.2) is 42.9 Å². The van der Waals surface area contributed by atoms with E-state index in [-0.39, 0.29) is 13.0 Å². The molecule has 0 aliphatic heterocycles. The minimum atomic E-state index is -1.18. The summed E-state index contributed by atoms with van der Waals surface area (Å²) in [5.41, 5.74) is 1.33. The van der Waals surface area contributed by atoms with Crippen LogP contribution in [0.4, 0.5) is 4.79 Å². The van der Waals surface area contributed by atoms with Crippen molar-refractivity contribution >= 4 is 29.7 Å². The van der Waals surface area contributed by atoms with Gasteiger partial charge in [-0.25, -0.2) is 14.6 Å². The zero-order chi connectivity index (χ0) is 21.1. The molecular formula is C19H24N4O5S. The third-order valence-electron chi connectivity index (χ3n) is 4.01. The molecule has 2 amide bonds. The fraction of sp³-hybridized carbons (Fsp3) is 0.368. The second-order valence-electron chi connectivity index (χ2n) is 6.20. The van der Waals surface area contributed by atoms with E-state index in [1.165, 1.54) is 18.1 Å². The topological polar surface area (TPSA) is 133 Å². The van der Waals surface area contributed by atoms with Crippen LogP contribution in [0.3, 0.4) is 0 Å². The van der Waals surface area contributed by atoms with Gasteiger partial charge in [-0.05, 0) is 24.0 Å². The van der Waals surface area contributed by atoms with Crippen LogP contribution in [-0.2, 0) is 27.4 Å². The Morgan fingerprint density at radius 2 is 1.97 bits per heavy atom. The number of rotatable bonds is 11. The second-order valence-corrected chi connectivity index (χ2v) is 7.19. The SMILES string of the molecule is CSCC[C@@H](NC(=O)OCc1ccccc1)C(=O)N[C@@H](Cc1c[nH]cn1)C(=O)O. The van der Waals surface area contributed by atoms with Crippen LogP contribution in [0.2, 0.25) is 0 Å². The van der Waals surface area contributed by atoms with Crippen molar-refractivity contribution in [3.63, 3.8) is 0 Å². The molecule has 10 heteroatoms. The number of alkyl carbamates (subject to hydrolysis) is 1. The summed E-state index contributed by atoms with van der Waals surface area (Å²) < 4.78 is 5.16. The number of hydrogen-bond acceptors (Lipinski definition) is 6. The van der Waals surface area contributed by atoms with Crippen LogP contribution >= 0.6 is 11.8 Å². The summed E-state index contributed by atoms with van der Waals surface area (Å²) in [6.45, 7) is 0.0699. The van der Waals surface area contributed by atoms with Crippen molar-refractivity contribution in [2.24, 2.45) is 0 Å². The van der Waals surface area contributed by atoms with Crippen LogP contribution < -0.4 is 10.6 Å². The van der Waals surface area contributed by atoms with Crippen molar-refractivity contribution in [1.29, 1.82) is 0 Å². The summed E-state index contributed by atoms with van der Waals surface area (Å²) >= 11 is 1.51. The Kier molecular flexibility index (Phi) is 9.03. The first kappa shape index (κ1) is 22.3. The molecule has 0 fully saturated rings. The highest BCUT2D eigenvalue weighted by atomic mass is 32.2. The van der Waals surface area contributed by atoms with Crippen molar-refractivity contribution in [1.82, 2.24) is 20.6 Å². The van der Waals surface area contributed by atoms with Gasteiger partial charge in [0.1, 0.15) is 18.7 Å². The van der Waals surface area contributed by atoms with Crippen molar-refractivity contribution in [3.05, 3.63) is 54.1 Å². The molecule has 9 nitrogen and oxygen atoms in total. The smallest absolute Gasteiger partial charge is 0.408 e.